The highest BCUT2D eigenvalue weighted by molar-refractivity contribution is 7.87. The summed E-state index contributed by atoms with van der Waals surface area (Å²) in [5, 5.41) is 5.80. The third kappa shape index (κ3) is 10.7. The minimum Gasteiger partial charge on any atom is -0.346 e. The van der Waals surface area contributed by atoms with Crippen LogP contribution >= 0.6 is 12.2 Å². The molecule has 11 heteroatoms. The van der Waals surface area contributed by atoms with Crippen molar-refractivity contribution in [2.75, 3.05) is 4.72 Å². The average molecular weight is 561 g/mol. The van der Waals surface area contributed by atoms with Crippen molar-refractivity contribution in [3.05, 3.63) is 65.7 Å². The molecule has 0 saturated carbocycles. The molecule has 2 atom stereocenters. The van der Waals surface area contributed by atoms with Gasteiger partial charge in [-0.25, -0.2) is 4.99 Å². The smallest absolute Gasteiger partial charge is 0.346 e. The summed E-state index contributed by atoms with van der Waals surface area (Å²) >= 11 is 5.55. The molecule has 0 aliphatic carbocycles. The zero-order valence-electron chi connectivity index (χ0n) is 22.3. The first-order valence-electron chi connectivity index (χ1n) is 12.3. The number of hydrogen-bond donors (Lipinski definition) is 4. The average Bonchev–Trinajstić information content (AvgIpc) is 2.81. The zero-order valence-corrected chi connectivity index (χ0v) is 23.9. The summed E-state index contributed by atoms with van der Waals surface area (Å²) in [7, 11) is -4.39. The fourth-order valence-corrected chi connectivity index (χ4v) is 4.18. The van der Waals surface area contributed by atoms with Crippen molar-refractivity contribution in [3.63, 3.8) is 0 Å². The highest BCUT2D eigenvalue weighted by Gasteiger charge is 2.26. The van der Waals surface area contributed by atoms with Crippen LogP contribution in [0.5, 0.6) is 0 Å². The number of rotatable bonds is 11. The molecule has 2 aromatic rings. The summed E-state index contributed by atoms with van der Waals surface area (Å²) in [6, 6.07) is 14.5. The molecule has 38 heavy (non-hydrogen) atoms. The SMILES string of the molecule is CCC(=NC(=S)C(C)(C)C)[C@H](Cc1ccc(NS(=O)(=O)O)cc1)NC(=O)[C@H](Cc1ccccc1)NC(C)=O. The molecule has 0 spiro atoms. The lowest BCUT2D eigenvalue weighted by molar-refractivity contribution is -0.128. The predicted octanol–water partition coefficient (Wildman–Crippen LogP) is 3.90. The minimum atomic E-state index is -4.39. The van der Waals surface area contributed by atoms with Crippen molar-refractivity contribution in [1.82, 2.24) is 10.6 Å². The molecule has 0 aromatic heterocycles. The van der Waals surface area contributed by atoms with Crippen LogP contribution in [-0.4, -0.2) is 47.6 Å². The van der Waals surface area contributed by atoms with E-state index in [4.69, 9.17) is 21.8 Å². The van der Waals surface area contributed by atoms with Crippen molar-refractivity contribution in [3.8, 4) is 0 Å². The molecule has 4 N–H and O–H groups in total. The standard InChI is InChI=1S/C27H36N4O5S2/c1-6-22(30-26(37)27(3,4)5)23(16-20-12-14-21(15-13-20)31-38(34,35)36)29-25(33)24(28-18(2)32)17-19-10-8-7-9-11-19/h7-15,23-24,31H,6,16-17H2,1-5H3,(H,28,32)(H,29,33)(H,34,35,36)/t23-,24-/m0/s1. The molecule has 0 bridgehead atoms. The Bertz CT molecular complexity index is 1250. The molecule has 9 nitrogen and oxygen atoms in total. The molecule has 0 aliphatic heterocycles. The van der Waals surface area contributed by atoms with Gasteiger partial charge in [0.25, 0.3) is 0 Å². The van der Waals surface area contributed by atoms with Crippen molar-refractivity contribution < 1.29 is 22.6 Å². The summed E-state index contributed by atoms with van der Waals surface area (Å²) in [5.41, 5.74) is 2.22. The Morgan fingerprint density at radius 1 is 0.947 bits per heavy atom. The fraction of sp³-hybridized carbons (Fsp3) is 0.407. The molecule has 206 valence electrons. The van der Waals surface area contributed by atoms with Gasteiger partial charge in [-0.1, -0.05) is 82.4 Å². The van der Waals surface area contributed by atoms with E-state index in [1.807, 2.05) is 62.7 Å². The number of benzene rings is 2. The Morgan fingerprint density at radius 2 is 1.50 bits per heavy atom. The Hall–Kier alpha value is -3.15. The summed E-state index contributed by atoms with van der Waals surface area (Å²) in [6.07, 6.45) is 1.18. The maximum absolute atomic E-state index is 13.5. The highest BCUT2D eigenvalue weighted by Crippen LogP contribution is 2.19. The topological polar surface area (TPSA) is 137 Å². The number of aliphatic imine (C=N–C) groups is 1. The van der Waals surface area contributed by atoms with Gasteiger partial charge in [0.05, 0.1) is 11.7 Å². The van der Waals surface area contributed by atoms with E-state index in [9.17, 15) is 18.0 Å². The molecule has 2 amide bonds. The van der Waals surface area contributed by atoms with E-state index >= 15 is 0 Å². The first-order chi connectivity index (χ1) is 17.7. The second-order valence-electron chi connectivity index (χ2n) is 9.99. The molecule has 0 heterocycles. The Balaban J connectivity index is 2.38. The van der Waals surface area contributed by atoms with Crippen LogP contribution in [0.4, 0.5) is 5.69 Å². The van der Waals surface area contributed by atoms with Gasteiger partial charge >= 0.3 is 10.3 Å². The molecule has 2 aromatic carbocycles. The number of amides is 2. The van der Waals surface area contributed by atoms with Crippen LogP contribution in [0.1, 0.15) is 52.2 Å². The van der Waals surface area contributed by atoms with E-state index in [0.29, 0.717) is 30.0 Å². The van der Waals surface area contributed by atoms with Crippen molar-refractivity contribution in [1.29, 1.82) is 0 Å². The van der Waals surface area contributed by atoms with E-state index in [0.717, 1.165) is 11.1 Å². The molecule has 0 saturated heterocycles. The predicted molar refractivity (Wildman–Crippen MR) is 155 cm³/mol. The first-order valence-corrected chi connectivity index (χ1v) is 14.1. The quantitative estimate of drug-likeness (QED) is 0.187. The molecule has 0 aliphatic rings. The van der Waals surface area contributed by atoms with Crippen LogP contribution in [0.2, 0.25) is 0 Å². The summed E-state index contributed by atoms with van der Waals surface area (Å²) < 4.78 is 33.2. The third-order valence-corrected chi connectivity index (χ3v) is 6.78. The lowest BCUT2D eigenvalue weighted by Crippen LogP contribution is -2.52. The van der Waals surface area contributed by atoms with E-state index < -0.39 is 22.4 Å². The van der Waals surface area contributed by atoms with Crippen molar-refractivity contribution >= 4 is 50.7 Å². The fourth-order valence-electron chi connectivity index (χ4n) is 3.62. The number of carbonyl (C=O) groups is 2. The summed E-state index contributed by atoms with van der Waals surface area (Å²) in [4.78, 5) is 30.6. The maximum atomic E-state index is 13.5. The summed E-state index contributed by atoms with van der Waals surface area (Å²) in [6.45, 7) is 9.19. The van der Waals surface area contributed by atoms with Gasteiger partial charge in [0.15, 0.2) is 0 Å². The van der Waals surface area contributed by atoms with Crippen LogP contribution in [-0.2, 0) is 32.7 Å². The van der Waals surface area contributed by atoms with Gasteiger partial charge in [0, 0.05) is 24.5 Å². The Morgan fingerprint density at radius 3 is 2.00 bits per heavy atom. The number of hydrogen-bond acceptors (Lipinski definition) is 5. The largest absolute Gasteiger partial charge is 0.357 e. The van der Waals surface area contributed by atoms with Gasteiger partial charge in [-0.3, -0.25) is 18.9 Å². The van der Waals surface area contributed by atoms with Crippen LogP contribution in [0.25, 0.3) is 0 Å². The lowest BCUT2D eigenvalue weighted by atomic mass is 9.95. The number of nitrogens with zero attached hydrogens (tertiary/aromatic N) is 1. The van der Waals surface area contributed by atoms with Gasteiger partial charge in [-0.2, -0.15) is 8.42 Å². The second-order valence-corrected chi connectivity index (χ2v) is 11.5. The van der Waals surface area contributed by atoms with E-state index in [1.54, 1.807) is 12.1 Å². The van der Waals surface area contributed by atoms with Gasteiger partial charge in [0.2, 0.25) is 11.8 Å². The van der Waals surface area contributed by atoms with Crippen LogP contribution < -0.4 is 15.4 Å². The first kappa shape index (κ1) is 31.1. The Kier molecular flexibility index (Phi) is 11.1. The number of thiocarbonyl (C=S) groups is 1. The molecule has 0 unspecified atom stereocenters. The Labute approximate surface area is 230 Å². The molecular weight excluding hydrogens is 524 g/mol. The highest BCUT2D eigenvalue weighted by atomic mass is 32.2. The van der Waals surface area contributed by atoms with Crippen LogP contribution in [0.3, 0.4) is 0 Å². The van der Waals surface area contributed by atoms with Gasteiger partial charge in [-0.15, -0.1) is 0 Å². The van der Waals surface area contributed by atoms with Crippen LogP contribution in [0, 0.1) is 5.41 Å². The molecule has 0 fully saturated rings. The second kappa shape index (κ2) is 13.6. The third-order valence-electron chi connectivity index (χ3n) is 5.58. The summed E-state index contributed by atoms with van der Waals surface area (Å²) in [5.74, 6) is -0.681. The monoisotopic (exact) mass is 560 g/mol. The van der Waals surface area contributed by atoms with E-state index in [1.165, 1.54) is 19.1 Å². The normalized spacial score (nSPS) is 13.8. The van der Waals surface area contributed by atoms with Crippen LogP contribution in [0.15, 0.2) is 59.6 Å². The number of nitrogens with one attached hydrogen (secondary N) is 3. The zero-order chi connectivity index (χ0) is 28.5. The maximum Gasteiger partial charge on any atom is 0.357 e. The molecular formula is C27H36N4O5S2. The van der Waals surface area contributed by atoms with Crippen molar-refractivity contribution in [2.24, 2.45) is 10.4 Å². The van der Waals surface area contributed by atoms with Gasteiger partial charge in [0.1, 0.15) is 11.0 Å². The molecule has 0 radical (unpaired) electrons. The van der Waals surface area contributed by atoms with Gasteiger partial charge < -0.3 is 10.6 Å². The number of anilines is 1. The lowest BCUT2D eigenvalue weighted by Gasteiger charge is -2.26. The van der Waals surface area contributed by atoms with E-state index in [2.05, 4.69) is 10.6 Å². The van der Waals surface area contributed by atoms with Gasteiger partial charge in [-0.05, 0) is 36.1 Å². The van der Waals surface area contributed by atoms with E-state index in [-0.39, 0.29) is 22.9 Å². The number of carbonyl (C=O) groups excluding carboxylic acids is 2. The molecule has 2 rings (SSSR count). The van der Waals surface area contributed by atoms with Crippen molar-refractivity contribution in [2.45, 2.75) is 66.0 Å². The minimum absolute atomic E-state index is 0.198.